The van der Waals surface area contributed by atoms with Gasteiger partial charge in [0.15, 0.2) is 0 Å². The summed E-state index contributed by atoms with van der Waals surface area (Å²) in [6, 6.07) is 15.5. The molecule has 1 fully saturated rings. The van der Waals surface area contributed by atoms with Crippen molar-refractivity contribution >= 4 is 24.0 Å². The largest absolute Gasteiger partial charge is 0.457 e. The van der Waals surface area contributed by atoms with Gasteiger partial charge in [0.2, 0.25) is 5.91 Å². The van der Waals surface area contributed by atoms with E-state index < -0.39 is 0 Å². The smallest absolute Gasteiger partial charge is 0.224 e. The van der Waals surface area contributed by atoms with Crippen molar-refractivity contribution in [1.82, 2.24) is 5.32 Å². The van der Waals surface area contributed by atoms with Crippen molar-refractivity contribution in [3.8, 4) is 11.5 Å². The van der Waals surface area contributed by atoms with E-state index in [0.29, 0.717) is 18.9 Å². The number of hydrogen-bond acceptors (Lipinski definition) is 4. The van der Waals surface area contributed by atoms with Crippen LogP contribution in [-0.2, 0) is 16.0 Å². The number of carbonyl (C=O) groups is 1. The van der Waals surface area contributed by atoms with Crippen LogP contribution in [0.2, 0.25) is 0 Å². The first kappa shape index (κ1) is 23.2. The van der Waals surface area contributed by atoms with Crippen LogP contribution in [0.25, 0.3) is 0 Å². The summed E-state index contributed by atoms with van der Waals surface area (Å²) in [7, 11) is 1.71. The first-order valence-electron chi connectivity index (χ1n) is 10.1. The Morgan fingerprint density at radius 3 is 2.28 bits per heavy atom. The minimum absolute atomic E-state index is 0. The molecule has 1 amide bonds. The molecule has 158 valence electrons. The van der Waals surface area contributed by atoms with E-state index in [2.05, 4.69) is 10.6 Å². The highest BCUT2D eigenvalue weighted by Gasteiger charge is 2.14. The van der Waals surface area contributed by atoms with E-state index in [1.807, 2.05) is 48.5 Å². The summed E-state index contributed by atoms with van der Waals surface area (Å²) in [6.45, 7) is 2.86. The third kappa shape index (κ3) is 8.05. The normalized spacial score (nSPS) is 14.1. The SMILES string of the molecule is COCCc1ccc(Oc2ccc(NC(=O)CCC3CCNCC3)cc2)cc1.Cl. The van der Waals surface area contributed by atoms with Gasteiger partial charge < -0.3 is 20.1 Å². The Hall–Kier alpha value is -2.08. The van der Waals surface area contributed by atoms with E-state index in [0.717, 1.165) is 43.1 Å². The standard InChI is InChI=1S/C23H30N2O3.ClH/c1-27-17-14-18-2-7-21(8-3-18)28-22-9-5-20(6-10-22)25-23(26)11-4-19-12-15-24-16-13-19;/h2-3,5-10,19,24H,4,11-17H2,1H3,(H,25,26);1H. The fraction of sp³-hybridized carbons (Fsp3) is 0.435. The molecule has 2 aromatic carbocycles. The lowest BCUT2D eigenvalue weighted by atomic mass is 9.93. The molecular formula is C23H31ClN2O3. The van der Waals surface area contributed by atoms with Crippen molar-refractivity contribution in [2.24, 2.45) is 5.92 Å². The molecule has 3 rings (SSSR count). The average molecular weight is 419 g/mol. The second-order valence-electron chi connectivity index (χ2n) is 7.29. The molecule has 1 aliphatic heterocycles. The van der Waals surface area contributed by atoms with Crippen molar-refractivity contribution in [2.45, 2.75) is 32.1 Å². The molecule has 0 aliphatic carbocycles. The average Bonchev–Trinajstić information content (AvgIpc) is 2.74. The van der Waals surface area contributed by atoms with Crippen LogP contribution in [0.5, 0.6) is 11.5 Å². The van der Waals surface area contributed by atoms with E-state index in [1.54, 1.807) is 7.11 Å². The second kappa shape index (κ2) is 12.5. The Bertz CT molecular complexity index is 729. The van der Waals surface area contributed by atoms with Gasteiger partial charge >= 0.3 is 0 Å². The third-order valence-corrected chi connectivity index (χ3v) is 5.13. The van der Waals surface area contributed by atoms with Crippen LogP contribution in [0.4, 0.5) is 5.69 Å². The highest BCUT2D eigenvalue weighted by Crippen LogP contribution is 2.24. The Morgan fingerprint density at radius 1 is 1.03 bits per heavy atom. The molecule has 1 saturated heterocycles. The minimum atomic E-state index is 0. The third-order valence-electron chi connectivity index (χ3n) is 5.13. The van der Waals surface area contributed by atoms with Crippen LogP contribution >= 0.6 is 12.4 Å². The Labute approximate surface area is 179 Å². The molecule has 0 spiro atoms. The van der Waals surface area contributed by atoms with Crippen molar-refractivity contribution in [1.29, 1.82) is 0 Å². The van der Waals surface area contributed by atoms with Crippen molar-refractivity contribution < 1.29 is 14.3 Å². The molecule has 29 heavy (non-hydrogen) atoms. The van der Waals surface area contributed by atoms with Crippen LogP contribution in [-0.4, -0.2) is 32.7 Å². The first-order valence-corrected chi connectivity index (χ1v) is 10.1. The number of methoxy groups -OCH3 is 1. The maximum atomic E-state index is 12.2. The van der Waals surface area contributed by atoms with E-state index in [-0.39, 0.29) is 18.3 Å². The van der Waals surface area contributed by atoms with Gasteiger partial charge in [0.05, 0.1) is 6.61 Å². The predicted octanol–water partition coefficient (Wildman–Crippen LogP) is 4.81. The number of piperidine rings is 1. The van der Waals surface area contributed by atoms with Crippen molar-refractivity contribution in [3.63, 3.8) is 0 Å². The number of nitrogens with one attached hydrogen (secondary N) is 2. The number of carbonyl (C=O) groups excluding carboxylic acids is 1. The van der Waals surface area contributed by atoms with Crippen molar-refractivity contribution in [3.05, 3.63) is 54.1 Å². The van der Waals surface area contributed by atoms with Gasteiger partial charge in [0.1, 0.15) is 11.5 Å². The topological polar surface area (TPSA) is 59.6 Å². The van der Waals surface area contributed by atoms with Gasteiger partial charge in [-0.15, -0.1) is 12.4 Å². The highest BCUT2D eigenvalue weighted by molar-refractivity contribution is 5.90. The van der Waals surface area contributed by atoms with E-state index in [4.69, 9.17) is 9.47 Å². The molecule has 0 aromatic heterocycles. The van der Waals surface area contributed by atoms with Gasteiger partial charge in [0.25, 0.3) is 0 Å². The minimum Gasteiger partial charge on any atom is -0.457 e. The van der Waals surface area contributed by atoms with Gasteiger partial charge in [-0.1, -0.05) is 12.1 Å². The van der Waals surface area contributed by atoms with E-state index in [1.165, 1.54) is 18.4 Å². The Morgan fingerprint density at radius 2 is 1.66 bits per heavy atom. The zero-order valence-electron chi connectivity index (χ0n) is 17.0. The fourth-order valence-electron chi connectivity index (χ4n) is 3.42. The van der Waals surface area contributed by atoms with Gasteiger partial charge in [-0.2, -0.15) is 0 Å². The molecule has 0 radical (unpaired) electrons. The summed E-state index contributed by atoms with van der Waals surface area (Å²) in [5.74, 6) is 2.29. The van der Waals surface area contributed by atoms with Crippen LogP contribution in [0.1, 0.15) is 31.2 Å². The monoisotopic (exact) mass is 418 g/mol. The maximum Gasteiger partial charge on any atom is 0.224 e. The van der Waals surface area contributed by atoms with Crippen LogP contribution in [0.15, 0.2) is 48.5 Å². The molecule has 0 atom stereocenters. The molecule has 0 saturated carbocycles. The molecule has 1 aliphatic rings. The number of halogens is 1. The van der Waals surface area contributed by atoms with Gasteiger partial charge in [-0.05, 0) is 86.7 Å². The van der Waals surface area contributed by atoms with Crippen LogP contribution in [0.3, 0.4) is 0 Å². The van der Waals surface area contributed by atoms with Crippen molar-refractivity contribution in [2.75, 3.05) is 32.1 Å². The van der Waals surface area contributed by atoms with Gasteiger partial charge in [-0.3, -0.25) is 4.79 Å². The lowest BCUT2D eigenvalue weighted by Crippen LogP contribution is -2.28. The van der Waals surface area contributed by atoms with E-state index >= 15 is 0 Å². The Kier molecular flexibility index (Phi) is 9.98. The molecule has 0 unspecified atom stereocenters. The molecular weight excluding hydrogens is 388 g/mol. The van der Waals surface area contributed by atoms with Crippen LogP contribution in [0, 0.1) is 5.92 Å². The quantitative estimate of drug-likeness (QED) is 0.613. The van der Waals surface area contributed by atoms with Crippen LogP contribution < -0.4 is 15.4 Å². The number of rotatable bonds is 9. The lowest BCUT2D eigenvalue weighted by molar-refractivity contribution is -0.116. The summed E-state index contributed by atoms with van der Waals surface area (Å²) < 4.78 is 11.0. The Balaban J connectivity index is 0.00000300. The molecule has 6 heteroatoms. The van der Waals surface area contributed by atoms with Gasteiger partial charge in [0, 0.05) is 19.2 Å². The summed E-state index contributed by atoms with van der Waals surface area (Å²) in [6.07, 6.45) is 4.79. The fourth-order valence-corrected chi connectivity index (χ4v) is 3.42. The lowest BCUT2D eigenvalue weighted by Gasteiger charge is -2.22. The zero-order valence-corrected chi connectivity index (χ0v) is 17.8. The summed E-state index contributed by atoms with van der Waals surface area (Å²) >= 11 is 0. The molecule has 2 N–H and O–H groups in total. The number of anilines is 1. The summed E-state index contributed by atoms with van der Waals surface area (Å²) in [5.41, 5.74) is 2.02. The zero-order chi connectivity index (χ0) is 19.6. The number of benzene rings is 2. The second-order valence-corrected chi connectivity index (χ2v) is 7.29. The molecule has 5 nitrogen and oxygen atoms in total. The van der Waals surface area contributed by atoms with Gasteiger partial charge in [-0.25, -0.2) is 0 Å². The van der Waals surface area contributed by atoms with E-state index in [9.17, 15) is 4.79 Å². The molecule has 2 aromatic rings. The summed E-state index contributed by atoms with van der Waals surface area (Å²) in [4.78, 5) is 12.2. The number of ether oxygens (including phenoxy) is 2. The number of hydrogen-bond donors (Lipinski definition) is 2. The maximum absolute atomic E-state index is 12.2. The first-order chi connectivity index (χ1) is 13.7. The molecule has 1 heterocycles. The highest BCUT2D eigenvalue weighted by atomic mass is 35.5. The summed E-state index contributed by atoms with van der Waals surface area (Å²) in [5, 5.41) is 6.34. The predicted molar refractivity (Wildman–Crippen MR) is 119 cm³/mol. The molecule has 0 bridgehead atoms. The number of amides is 1.